The fraction of sp³-hybridized carbons (Fsp3) is 0.571. The van der Waals surface area contributed by atoms with Gasteiger partial charge in [0, 0.05) is 19.1 Å². The molecule has 0 spiro atoms. The van der Waals surface area contributed by atoms with Crippen LogP contribution >= 0.6 is 0 Å². The molecule has 0 N–H and O–H groups in total. The Kier molecular flexibility index (Phi) is 6.26. The summed E-state index contributed by atoms with van der Waals surface area (Å²) in [4.78, 5) is 1.75. The summed E-state index contributed by atoms with van der Waals surface area (Å²) in [6.07, 6.45) is -4.97. The Morgan fingerprint density at radius 2 is 1.75 bits per heavy atom. The van der Waals surface area contributed by atoms with Crippen LogP contribution in [-0.4, -0.2) is 30.5 Å². The van der Waals surface area contributed by atoms with E-state index in [1.807, 2.05) is 13.8 Å². The lowest BCUT2D eigenvalue weighted by atomic mass is 10.1. The Labute approximate surface area is 116 Å². The summed E-state index contributed by atoms with van der Waals surface area (Å²) in [5.41, 5.74) is 0.868. The number of rotatable bonds is 7. The van der Waals surface area contributed by atoms with Crippen LogP contribution in [0.25, 0.3) is 0 Å². The van der Waals surface area contributed by atoms with E-state index in [2.05, 4.69) is 4.74 Å². The van der Waals surface area contributed by atoms with E-state index in [-0.39, 0.29) is 12.6 Å². The van der Waals surface area contributed by atoms with Gasteiger partial charge < -0.3 is 4.74 Å². The van der Waals surface area contributed by atoms with Gasteiger partial charge >= 0.3 is 6.18 Å². The monoisotopic (exact) mass is 293 g/mol. The molecule has 1 aromatic rings. The lowest BCUT2D eigenvalue weighted by molar-refractivity contribution is -0.139. The van der Waals surface area contributed by atoms with Crippen LogP contribution in [0.1, 0.15) is 25.8 Å². The molecule has 0 heterocycles. The number of alkyl halides is 4. The predicted octanol–water partition coefficient (Wildman–Crippen LogP) is 4.16. The molecule has 0 aliphatic heterocycles. The third-order valence-electron chi connectivity index (χ3n) is 2.94. The lowest BCUT2D eigenvalue weighted by Crippen LogP contribution is -2.33. The van der Waals surface area contributed by atoms with Crippen LogP contribution in [0.4, 0.5) is 17.6 Å². The Hall–Kier alpha value is -1.30. The number of nitrogens with zero attached hydrogens (tertiary/aromatic N) is 1. The van der Waals surface area contributed by atoms with E-state index in [0.29, 0.717) is 12.3 Å². The zero-order chi connectivity index (χ0) is 15.2. The van der Waals surface area contributed by atoms with Crippen molar-refractivity contribution in [3.8, 4) is 5.75 Å². The van der Waals surface area contributed by atoms with E-state index in [1.165, 1.54) is 0 Å². The highest BCUT2D eigenvalue weighted by Gasteiger charge is 2.28. The molecule has 20 heavy (non-hydrogen) atoms. The quantitative estimate of drug-likeness (QED) is 0.700. The van der Waals surface area contributed by atoms with Crippen LogP contribution in [0.5, 0.6) is 5.75 Å². The van der Waals surface area contributed by atoms with Crippen LogP contribution in [-0.2, 0) is 6.54 Å². The average molecular weight is 293 g/mol. The highest BCUT2D eigenvalue weighted by molar-refractivity contribution is 5.27. The van der Waals surface area contributed by atoms with Crippen LogP contribution in [0, 0.1) is 0 Å². The molecule has 0 amide bonds. The number of benzene rings is 1. The lowest BCUT2D eigenvalue weighted by Gasteiger charge is -2.27. The summed E-state index contributed by atoms with van der Waals surface area (Å²) in [6, 6.07) is 6.69. The maximum atomic E-state index is 12.3. The highest BCUT2D eigenvalue weighted by atomic mass is 19.4. The van der Waals surface area contributed by atoms with Gasteiger partial charge in [-0.25, -0.2) is 4.39 Å². The van der Waals surface area contributed by atoms with E-state index in [4.69, 9.17) is 0 Å². The van der Waals surface area contributed by atoms with Crippen molar-refractivity contribution in [2.75, 3.05) is 13.4 Å². The van der Waals surface area contributed by atoms with Crippen molar-refractivity contribution < 1.29 is 22.3 Å². The van der Waals surface area contributed by atoms with Gasteiger partial charge in [-0.1, -0.05) is 12.1 Å². The molecule has 0 unspecified atom stereocenters. The minimum atomic E-state index is -4.15. The Balaban J connectivity index is 2.61. The number of halogens is 4. The van der Waals surface area contributed by atoms with Crippen molar-refractivity contribution in [1.29, 1.82) is 0 Å². The van der Waals surface area contributed by atoms with Crippen LogP contribution < -0.4 is 4.74 Å². The van der Waals surface area contributed by atoms with Crippen molar-refractivity contribution >= 4 is 0 Å². The maximum absolute atomic E-state index is 12.3. The Bertz CT molecular complexity index is 389. The van der Waals surface area contributed by atoms with Crippen molar-refractivity contribution in [2.45, 2.75) is 39.0 Å². The molecular weight excluding hydrogens is 274 g/mol. The summed E-state index contributed by atoms with van der Waals surface area (Å²) in [5, 5.41) is 0. The minimum Gasteiger partial charge on any atom is -0.463 e. The van der Waals surface area contributed by atoms with E-state index in [0.717, 1.165) is 5.56 Å². The normalized spacial score (nSPS) is 12.2. The molecule has 0 saturated heterocycles. The first kappa shape index (κ1) is 16.8. The zero-order valence-corrected chi connectivity index (χ0v) is 11.6. The second kappa shape index (κ2) is 7.47. The van der Waals surface area contributed by atoms with Crippen molar-refractivity contribution in [2.24, 2.45) is 0 Å². The minimum absolute atomic E-state index is 0.0131. The number of ether oxygens (including phenoxy) is 1. The molecule has 1 rings (SSSR count). The van der Waals surface area contributed by atoms with Crippen molar-refractivity contribution in [3.05, 3.63) is 29.8 Å². The molecule has 1 aromatic carbocycles. The van der Waals surface area contributed by atoms with Gasteiger partial charge in [-0.3, -0.25) is 4.90 Å². The number of hydrogen-bond acceptors (Lipinski definition) is 2. The van der Waals surface area contributed by atoms with Crippen LogP contribution in [0.3, 0.4) is 0 Å². The fourth-order valence-corrected chi connectivity index (χ4v) is 1.78. The third-order valence-corrected chi connectivity index (χ3v) is 2.94. The van der Waals surface area contributed by atoms with Gasteiger partial charge in [-0.15, -0.1) is 0 Å². The zero-order valence-electron chi connectivity index (χ0n) is 11.6. The van der Waals surface area contributed by atoms with Gasteiger partial charge in [0.25, 0.3) is 0 Å². The summed E-state index contributed by atoms with van der Waals surface area (Å²) < 4.78 is 53.5. The summed E-state index contributed by atoms with van der Waals surface area (Å²) in [7, 11) is 0. The summed E-state index contributed by atoms with van der Waals surface area (Å²) in [6.45, 7) is 3.20. The molecule has 0 aromatic heterocycles. The molecule has 0 aliphatic carbocycles. The van der Waals surface area contributed by atoms with Gasteiger partial charge in [-0.05, 0) is 31.5 Å². The van der Waals surface area contributed by atoms with Gasteiger partial charge in [0.05, 0.1) is 6.42 Å². The third kappa shape index (κ3) is 6.23. The standard InChI is InChI=1S/C14H19F4NO/c1-11(2)19(8-7-14(16,17)18)9-12-3-5-13(6-4-12)20-10-15/h3-6,11H,7-10H2,1-2H3. The summed E-state index contributed by atoms with van der Waals surface area (Å²) in [5.74, 6) is 0.405. The van der Waals surface area contributed by atoms with Gasteiger partial charge in [0.2, 0.25) is 6.86 Å². The van der Waals surface area contributed by atoms with Crippen molar-refractivity contribution in [1.82, 2.24) is 4.90 Å². The van der Waals surface area contributed by atoms with E-state index < -0.39 is 19.5 Å². The first-order valence-electron chi connectivity index (χ1n) is 6.40. The maximum Gasteiger partial charge on any atom is 0.390 e. The molecule has 0 aliphatic rings. The molecule has 6 heteroatoms. The Morgan fingerprint density at radius 3 is 2.20 bits per heavy atom. The summed E-state index contributed by atoms with van der Waals surface area (Å²) >= 11 is 0. The molecular formula is C14H19F4NO. The fourth-order valence-electron chi connectivity index (χ4n) is 1.78. The second-order valence-electron chi connectivity index (χ2n) is 4.83. The Morgan fingerprint density at radius 1 is 1.15 bits per heavy atom. The molecule has 0 atom stereocenters. The number of hydrogen-bond donors (Lipinski definition) is 0. The second-order valence-corrected chi connectivity index (χ2v) is 4.83. The van der Waals surface area contributed by atoms with E-state index in [1.54, 1.807) is 29.2 Å². The largest absolute Gasteiger partial charge is 0.463 e. The van der Waals surface area contributed by atoms with Gasteiger partial charge in [0.15, 0.2) is 0 Å². The van der Waals surface area contributed by atoms with Crippen LogP contribution in [0.15, 0.2) is 24.3 Å². The van der Waals surface area contributed by atoms with Crippen LogP contribution in [0.2, 0.25) is 0 Å². The molecule has 114 valence electrons. The first-order chi connectivity index (χ1) is 9.31. The molecule has 2 nitrogen and oxygen atoms in total. The first-order valence-corrected chi connectivity index (χ1v) is 6.40. The van der Waals surface area contributed by atoms with Crippen molar-refractivity contribution in [3.63, 3.8) is 0 Å². The average Bonchev–Trinajstić information content (AvgIpc) is 2.35. The van der Waals surface area contributed by atoms with Gasteiger partial charge in [-0.2, -0.15) is 13.2 Å². The topological polar surface area (TPSA) is 12.5 Å². The smallest absolute Gasteiger partial charge is 0.390 e. The van der Waals surface area contributed by atoms with Gasteiger partial charge in [0.1, 0.15) is 5.75 Å². The molecule has 0 radical (unpaired) electrons. The predicted molar refractivity (Wildman–Crippen MR) is 69.3 cm³/mol. The molecule has 0 bridgehead atoms. The molecule has 0 saturated carbocycles. The SMILES string of the molecule is CC(C)N(CCC(F)(F)F)Cc1ccc(OCF)cc1. The van der Waals surface area contributed by atoms with E-state index >= 15 is 0 Å². The van der Waals surface area contributed by atoms with E-state index in [9.17, 15) is 17.6 Å². The highest BCUT2D eigenvalue weighted by Crippen LogP contribution is 2.21. The molecule has 0 fully saturated rings.